The Labute approximate surface area is 167 Å². The average Bonchev–Trinajstić information content (AvgIpc) is 3.35. The smallest absolute Gasteiger partial charge is 0.230 e. The van der Waals surface area contributed by atoms with Crippen LogP contribution in [0, 0.1) is 5.41 Å². The zero-order valence-electron chi connectivity index (χ0n) is 16.9. The van der Waals surface area contributed by atoms with Gasteiger partial charge in [-0.05, 0) is 39.5 Å². The highest BCUT2D eigenvalue weighted by molar-refractivity contribution is 7.99. The fourth-order valence-electron chi connectivity index (χ4n) is 5.26. The number of carbonyl (C=O) groups is 1. The summed E-state index contributed by atoms with van der Waals surface area (Å²) >= 11 is 1.97. The summed E-state index contributed by atoms with van der Waals surface area (Å²) in [6, 6.07) is 0.859. The van der Waals surface area contributed by atoms with Crippen LogP contribution in [-0.2, 0) is 18.4 Å². The molecule has 4 rings (SSSR count). The van der Waals surface area contributed by atoms with Crippen LogP contribution >= 0.6 is 11.8 Å². The predicted molar refractivity (Wildman–Crippen MR) is 111 cm³/mol. The minimum Gasteiger partial charge on any atom is -0.341 e. The molecule has 1 aromatic rings. The van der Waals surface area contributed by atoms with Gasteiger partial charge in [-0.1, -0.05) is 11.6 Å². The van der Waals surface area contributed by atoms with Crippen LogP contribution in [0.4, 0.5) is 0 Å². The lowest BCUT2D eigenvalue weighted by molar-refractivity contribution is -0.143. The molecule has 0 saturated carbocycles. The highest BCUT2D eigenvalue weighted by Crippen LogP contribution is 2.53. The molecule has 0 spiro atoms. The second kappa shape index (κ2) is 7.63. The molecule has 4 heterocycles. The fourth-order valence-corrected chi connectivity index (χ4v) is 6.16. The van der Waals surface area contributed by atoms with Crippen molar-refractivity contribution in [2.75, 3.05) is 24.6 Å². The maximum Gasteiger partial charge on any atom is 0.230 e. The molecule has 3 aliphatic heterocycles. The number of fused-ring (bicyclic) bond motifs is 2. The van der Waals surface area contributed by atoms with Gasteiger partial charge in [0.25, 0.3) is 0 Å². The Kier molecular flexibility index (Phi) is 5.39. The molecule has 1 aromatic heterocycles. The predicted octanol–water partition coefficient (Wildman–Crippen LogP) is 3.07. The number of nitrogens with zero attached hydrogens (tertiary/aromatic N) is 4. The number of allylic oxidation sites excluding steroid dienone is 2. The lowest BCUT2D eigenvalue weighted by Gasteiger charge is -2.41. The highest BCUT2D eigenvalue weighted by Gasteiger charge is 2.60. The van der Waals surface area contributed by atoms with E-state index in [9.17, 15) is 4.79 Å². The van der Waals surface area contributed by atoms with Crippen molar-refractivity contribution in [1.82, 2.24) is 19.4 Å². The number of carbonyl (C=O) groups excluding carboxylic acids is 1. The molecule has 148 valence electrons. The molecule has 0 N–H and O–H groups in total. The van der Waals surface area contributed by atoms with E-state index >= 15 is 0 Å². The van der Waals surface area contributed by atoms with Gasteiger partial charge in [0.2, 0.25) is 5.91 Å². The molecule has 3 aliphatic rings. The normalized spacial score (nSPS) is 30.7. The van der Waals surface area contributed by atoms with E-state index < -0.39 is 0 Å². The zero-order valence-corrected chi connectivity index (χ0v) is 17.7. The van der Waals surface area contributed by atoms with Crippen LogP contribution in [0.3, 0.4) is 0 Å². The zero-order chi connectivity index (χ0) is 19.0. The van der Waals surface area contributed by atoms with Crippen LogP contribution < -0.4 is 0 Å². The van der Waals surface area contributed by atoms with E-state index in [0.29, 0.717) is 18.0 Å². The summed E-state index contributed by atoms with van der Waals surface area (Å²) in [4.78, 5) is 23.1. The quantitative estimate of drug-likeness (QED) is 0.727. The maximum atomic E-state index is 13.8. The highest BCUT2D eigenvalue weighted by atomic mass is 32.2. The summed E-state index contributed by atoms with van der Waals surface area (Å²) in [6.07, 6.45) is 10.4. The molecule has 6 heteroatoms. The topological polar surface area (TPSA) is 41.4 Å². The van der Waals surface area contributed by atoms with Gasteiger partial charge in [0, 0.05) is 56.1 Å². The molecule has 0 radical (unpaired) electrons. The molecule has 0 aliphatic carbocycles. The minimum atomic E-state index is -0.243. The Balaban J connectivity index is 1.62. The Morgan fingerprint density at radius 2 is 2.11 bits per heavy atom. The summed E-state index contributed by atoms with van der Waals surface area (Å²) in [5, 5.41) is 0. The number of aromatic nitrogens is 2. The summed E-state index contributed by atoms with van der Waals surface area (Å²) in [6.45, 7) is 6.98. The molecular formula is C21H32N4OS. The Morgan fingerprint density at radius 1 is 1.33 bits per heavy atom. The van der Waals surface area contributed by atoms with Gasteiger partial charge in [0.15, 0.2) is 0 Å². The van der Waals surface area contributed by atoms with Crippen molar-refractivity contribution < 1.29 is 4.79 Å². The molecule has 0 aromatic carbocycles. The molecule has 27 heavy (non-hydrogen) atoms. The lowest BCUT2D eigenvalue weighted by Crippen LogP contribution is -2.52. The number of amides is 1. The van der Waals surface area contributed by atoms with Gasteiger partial charge in [0.1, 0.15) is 5.82 Å². The monoisotopic (exact) mass is 388 g/mol. The van der Waals surface area contributed by atoms with Crippen LogP contribution in [0.5, 0.6) is 0 Å². The SMILES string of the molecule is CC(C)=CC[C@@]1(C(=O)N2CCSCC2)C[C@@H]2CC[C@H]1N2Cc1nccn1C. The van der Waals surface area contributed by atoms with Crippen molar-refractivity contribution in [2.45, 2.75) is 58.2 Å². The third kappa shape index (κ3) is 3.46. The second-order valence-corrected chi connectivity index (χ2v) is 9.85. The molecule has 1 amide bonds. The fraction of sp³-hybridized carbons (Fsp3) is 0.714. The van der Waals surface area contributed by atoms with Crippen molar-refractivity contribution in [1.29, 1.82) is 0 Å². The molecule has 3 atom stereocenters. The summed E-state index contributed by atoms with van der Waals surface area (Å²) in [5.74, 6) is 3.68. The van der Waals surface area contributed by atoms with Gasteiger partial charge in [-0.15, -0.1) is 0 Å². The van der Waals surface area contributed by atoms with Crippen molar-refractivity contribution in [2.24, 2.45) is 12.5 Å². The largest absolute Gasteiger partial charge is 0.341 e. The average molecular weight is 389 g/mol. The summed E-state index contributed by atoms with van der Waals surface area (Å²) in [5.41, 5.74) is 1.07. The molecule has 5 nitrogen and oxygen atoms in total. The second-order valence-electron chi connectivity index (χ2n) is 8.62. The number of imidazole rings is 1. The number of rotatable bonds is 5. The number of aryl methyl sites for hydroxylation is 1. The van der Waals surface area contributed by atoms with Crippen LogP contribution in [0.1, 0.15) is 45.4 Å². The molecule has 3 fully saturated rings. The molecule has 0 unspecified atom stereocenters. The van der Waals surface area contributed by atoms with Gasteiger partial charge in [0.05, 0.1) is 12.0 Å². The van der Waals surface area contributed by atoms with Crippen LogP contribution in [0.15, 0.2) is 24.0 Å². The van der Waals surface area contributed by atoms with E-state index in [0.717, 1.165) is 56.2 Å². The summed E-state index contributed by atoms with van der Waals surface area (Å²) in [7, 11) is 2.06. The van der Waals surface area contributed by atoms with E-state index in [-0.39, 0.29) is 5.41 Å². The Bertz CT molecular complexity index is 720. The Morgan fingerprint density at radius 3 is 2.78 bits per heavy atom. The van der Waals surface area contributed by atoms with Gasteiger partial charge in [-0.3, -0.25) is 9.69 Å². The Hall–Kier alpha value is -1.27. The van der Waals surface area contributed by atoms with E-state index in [1.165, 1.54) is 12.0 Å². The van der Waals surface area contributed by atoms with Crippen molar-refractivity contribution in [3.05, 3.63) is 29.9 Å². The third-order valence-corrected chi connectivity index (χ3v) is 7.67. The van der Waals surface area contributed by atoms with Crippen LogP contribution in [-0.4, -0.2) is 61.9 Å². The first-order valence-electron chi connectivity index (χ1n) is 10.2. The molecule has 2 bridgehead atoms. The molecular weight excluding hydrogens is 356 g/mol. The van der Waals surface area contributed by atoms with E-state index in [1.54, 1.807) is 0 Å². The third-order valence-electron chi connectivity index (χ3n) is 6.72. The standard InChI is InChI=1S/C21H32N4OS/c1-16(2)6-7-21(20(26)24-10-12-27-13-11-24)14-17-4-5-18(21)25(17)15-19-22-8-9-23(19)3/h6,8-9,17-18H,4-5,7,10-15H2,1-3H3/t17-,18+,21+/m0/s1. The van der Waals surface area contributed by atoms with Gasteiger partial charge < -0.3 is 9.47 Å². The number of hydrogen-bond acceptors (Lipinski definition) is 4. The van der Waals surface area contributed by atoms with Crippen LogP contribution in [0.2, 0.25) is 0 Å². The van der Waals surface area contributed by atoms with Crippen molar-refractivity contribution in [3.8, 4) is 0 Å². The lowest BCUT2D eigenvalue weighted by atomic mass is 9.70. The first-order valence-corrected chi connectivity index (χ1v) is 11.4. The van der Waals surface area contributed by atoms with Crippen molar-refractivity contribution in [3.63, 3.8) is 0 Å². The van der Waals surface area contributed by atoms with E-state index in [2.05, 4.69) is 46.3 Å². The molecule has 3 saturated heterocycles. The first kappa shape index (κ1) is 19.1. The van der Waals surface area contributed by atoms with Gasteiger partial charge in [-0.2, -0.15) is 11.8 Å². The minimum absolute atomic E-state index is 0.243. The van der Waals surface area contributed by atoms with Gasteiger partial charge in [-0.25, -0.2) is 4.98 Å². The van der Waals surface area contributed by atoms with Crippen molar-refractivity contribution >= 4 is 17.7 Å². The van der Waals surface area contributed by atoms with Crippen LogP contribution in [0.25, 0.3) is 0 Å². The van der Waals surface area contributed by atoms with E-state index in [4.69, 9.17) is 0 Å². The van der Waals surface area contributed by atoms with E-state index in [1.807, 2.05) is 24.2 Å². The number of hydrogen-bond donors (Lipinski definition) is 0. The number of thioether (sulfide) groups is 1. The maximum absolute atomic E-state index is 13.8. The summed E-state index contributed by atoms with van der Waals surface area (Å²) < 4.78 is 2.11. The first-order chi connectivity index (χ1) is 13.0. The van der Waals surface area contributed by atoms with Gasteiger partial charge >= 0.3 is 0 Å².